The predicted octanol–water partition coefficient (Wildman–Crippen LogP) is -21.0. The van der Waals surface area contributed by atoms with Crippen molar-refractivity contribution in [2.75, 3.05) is 0 Å². The van der Waals surface area contributed by atoms with Crippen LogP contribution in [0.5, 0.6) is 0 Å². The van der Waals surface area contributed by atoms with E-state index in [9.17, 15) is 0 Å². The summed E-state index contributed by atoms with van der Waals surface area (Å²) in [7, 11) is 191. The first-order valence-corrected chi connectivity index (χ1v) is 24.3. The number of hydrogen-bond donors (Lipinski definition) is 0. The van der Waals surface area contributed by atoms with Crippen molar-refractivity contribution < 1.29 is 0 Å². The Balaban J connectivity index is 1.28. The van der Waals surface area contributed by atoms with Crippen LogP contribution in [-0.4, -0.2) is 238 Å². The molecule has 0 aliphatic heterocycles. The van der Waals surface area contributed by atoms with Gasteiger partial charge in [-0.25, -0.2) is 4.98 Å². The van der Waals surface area contributed by atoms with E-state index in [-0.39, 0.29) is 251 Å². The molecule has 0 saturated heterocycles. The number of aromatic nitrogens is 4. The Morgan fingerprint density at radius 1 is 0.200 bits per heavy atom. The molecule has 56 radical (unpaired) electrons. The Morgan fingerprint density at radius 3 is 0.762 bits per heavy atom. The SMILES string of the molecule is [B]c1nc(-n2c3c([B])c([B])c([B])c([B])c3c3c([B])c(-n4c5c([B])c([B])c([B])c([B])c5c5c([B])c([B])c([B])c([B])c54)c([B])c([B])c32)c2sc3c([B])c([B])c(-n4c5c([B])c([B])c([B])c([B])c5c5c([B])c([B])c([B])c([B])c54)c([B])c3c2c1[B]. The van der Waals surface area contributed by atoms with Crippen LogP contribution in [0.2, 0.25) is 0 Å². The normalized spacial score (nSPS) is 12.2. The number of thiophene rings is 1. The highest BCUT2D eigenvalue weighted by Gasteiger charge is 2.32. The number of nitrogens with zero attached hydrogens (tertiary/aromatic N) is 4. The Morgan fingerprint density at radius 2 is 0.438 bits per heavy atom. The van der Waals surface area contributed by atoms with Gasteiger partial charge in [-0.15, -0.1) is 66.0 Å². The third-order valence-corrected chi connectivity index (χ3v) is 16.9. The molecule has 0 bridgehead atoms. The maximum atomic E-state index is 7.47. The van der Waals surface area contributed by atoms with Crippen molar-refractivity contribution in [2.45, 2.75) is 0 Å². The average molecular weight is 955 g/mol. The van der Waals surface area contributed by atoms with Crippen LogP contribution in [-0.2, 0) is 0 Å². The zero-order valence-corrected chi connectivity index (χ0v) is 42.7. The van der Waals surface area contributed by atoms with Gasteiger partial charge in [0.2, 0.25) is 0 Å². The predicted molar refractivity (Wildman–Crippen MR) is 371 cm³/mol. The fraction of sp³-hybridized carbons (Fsp3) is 0. The first-order chi connectivity index (χ1) is 37.5. The van der Waals surface area contributed by atoms with Crippen LogP contribution in [0.4, 0.5) is 0 Å². The van der Waals surface area contributed by atoms with Gasteiger partial charge in [0.05, 0.1) is 4.70 Å². The topological polar surface area (TPSA) is 27.7 Å². The number of pyridine rings is 1. The van der Waals surface area contributed by atoms with E-state index in [1.165, 1.54) is 13.7 Å². The molecule has 0 atom stereocenters. The minimum absolute atomic E-state index is 0.00450. The molecule has 33 heteroatoms. The molecule has 12 rings (SSSR count). The molecule has 0 N–H and O–H groups in total. The van der Waals surface area contributed by atoms with Gasteiger partial charge in [-0.3, -0.25) is 4.57 Å². The van der Waals surface area contributed by atoms with E-state index in [0.717, 1.165) is 11.3 Å². The second kappa shape index (κ2) is 18.3. The van der Waals surface area contributed by atoms with Crippen LogP contribution >= 0.6 is 11.3 Å². The maximum absolute atomic E-state index is 7.47. The maximum Gasteiger partial charge on any atom is 0.154 e. The lowest BCUT2D eigenvalue weighted by atomic mass is 9.63. The molecule has 7 aromatic carbocycles. The van der Waals surface area contributed by atoms with Crippen LogP contribution in [0, 0.1) is 0 Å². The molecule has 0 saturated carbocycles. The standard InChI is InChI=1S/C47B28N4S/c48-9-1-2-10(49)18(57)23(62)28(67)37(2)77(36(1)27(66)22(61)17(9)56)42-14(53)6-5-13(52)21(60)26(65)31(70)40(5)79(41(6)32(71)33(42)72)47-45-8(16(55)46(75)76-47)7-15(54)43(34(73)35(74)44(7)80-45)78-38-3(11(50)19(58)24(63)29(38)68)4-12(51)20(59)25(64)30(69)39(4)78. The van der Waals surface area contributed by atoms with Crippen molar-refractivity contribution in [2.24, 2.45) is 0 Å². The van der Waals surface area contributed by atoms with Crippen LogP contribution in [0.3, 0.4) is 0 Å². The van der Waals surface area contributed by atoms with E-state index in [1.807, 2.05) is 0 Å². The van der Waals surface area contributed by atoms with Gasteiger partial charge >= 0.3 is 0 Å². The van der Waals surface area contributed by atoms with Gasteiger partial charge in [-0.05, 0) is 43.3 Å². The summed E-state index contributed by atoms with van der Waals surface area (Å²) in [5.41, 5.74) is -1.93. The molecule has 5 aromatic heterocycles. The average Bonchev–Trinajstić information content (AvgIpc) is 4.23. The summed E-state index contributed by atoms with van der Waals surface area (Å²) < 4.78 is 5.00. The summed E-state index contributed by atoms with van der Waals surface area (Å²) in [5, 5.41) is 1.38. The highest BCUT2D eigenvalue weighted by atomic mass is 32.1. The third-order valence-electron chi connectivity index (χ3n) is 15.7. The molecular weight excluding hydrogens is 955 g/mol. The van der Waals surface area contributed by atoms with Gasteiger partial charge in [-0.1, -0.05) is 92.9 Å². The van der Waals surface area contributed by atoms with Crippen LogP contribution < -0.4 is 153 Å². The largest absolute Gasteiger partial charge is 0.312 e. The molecular formula is C47B28N4S. The summed E-state index contributed by atoms with van der Waals surface area (Å²) in [5.74, 6) is -0.00450. The number of hydrogen-bond acceptors (Lipinski definition) is 2. The van der Waals surface area contributed by atoms with E-state index in [4.69, 9.17) is 225 Å². The first-order valence-electron chi connectivity index (χ1n) is 23.5. The lowest BCUT2D eigenvalue weighted by molar-refractivity contribution is 1.13. The summed E-state index contributed by atoms with van der Waals surface area (Å²) in [6.45, 7) is 0. The monoisotopic (exact) mass is 960 g/mol. The van der Waals surface area contributed by atoms with E-state index in [1.54, 1.807) is 0 Å². The Bertz CT molecular complexity index is 4900. The lowest BCUT2D eigenvalue weighted by Crippen LogP contribution is -2.49. The van der Waals surface area contributed by atoms with Gasteiger partial charge in [0.15, 0.2) is 5.82 Å². The lowest BCUT2D eigenvalue weighted by Gasteiger charge is -2.24. The summed E-state index contributed by atoms with van der Waals surface area (Å²) in [6, 6.07) is 0. The zero-order valence-electron chi connectivity index (χ0n) is 41.9. The van der Waals surface area contributed by atoms with Crippen LogP contribution in [0.15, 0.2) is 0 Å². The minimum atomic E-state index is -0.234. The molecule has 0 aliphatic rings. The van der Waals surface area contributed by atoms with Crippen molar-refractivity contribution in [3.8, 4) is 17.2 Å². The fourth-order valence-corrected chi connectivity index (χ4v) is 12.8. The Hall–Kier alpha value is -4.87. The summed E-state index contributed by atoms with van der Waals surface area (Å²) in [6.07, 6.45) is 0. The summed E-state index contributed by atoms with van der Waals surface area (Å²) >= 11 is 1.05. The highest BCUT2D eigenvalue weighted by Crippen LogP contribution is 2.38. The second-order valence-corrected chi connectivity index (χ2v) is 20.6. The molecule has 0 fully saturated rings. The zero-order chi connectivity index (χ0) is 58.3. The van der Waals surface area contributed by atoms with Gasteiger partial charge in [0, 0.05) is 54.6 Å². The second-order valence-electron chi connectivity index (χ2n) is 19.5. The van der Waals surface area contributed by atoms with Crippen molar-refractivity contribution in [1.82, 2.24) is 18.7 Å². The van der Waals surface area contributed by atoms with Gasteiger partial charge in [0.25, 0.3) is 0 Å². The molecule has 80 heavy (non-hydrogen) atoms. The quantitative estimate of drug-likeness (QED) is 0.162. The Kier molecular flexibility index (Phi) is 12.7. The molecule has 5 heterocycles. The molecule has 0 amide bonds. The minimum Gasteiger partial charge on any atom is -0.312 e. The van der Waals surface area contributed by atoms with Crippen molar-refractivity contribution in [1.29, 1.82) is 0 Å². The van der Waals surface area contributed by atoms with Crippen molar-refractivity contribution in [3.63, 3.8) is 0 Å². The van der Waals surface area contributed by atoms with Crippen LogP contribution in [0.25, 0.3) is 103 Å². The van der Waals surface area contributed by atoms with Crippen molar-refractivity contribution >= 4 is 470 Å². The van der Waals surface area contributed by atoms with E-state index < -0.39 is 0 Å². The van der Waals surface area contributed by atoms with E-state index in [0.29, 0.717) is 4.70 Å². The molecule has 0 unspecified atom stereocenters. The van der Waals surface area contributed by atoms with Crippen LogP contribution in [0.1, 0.15) is 0 Å². The smallest absolute Gasteiger partial charge is 0.154 e. The van der Waals surface area contributed by atoms with Gasteiger partial charge in [0.1, 0.15) is 220 Å². The van der Waals surface area contributed by atoms with E-state index >= 15 is 0 Å². The van der Waals surface area contributed by atoms with Crippen molar-refractivity contribution in [3.05, 3.63) is 0 Å². The number of benzene rings is 7. The third kappa shape index (κ3) is 6.65. The first kappa shape index (κ1) is 55.7. The molecule has 0 aliphatic carbocycles. The fourth-order valence-electron chi connectivity index (χ4n) is 11.6. The highest BCUT2D eigenvalue weighted by molar-refractivity contribution is 7.28. The Labute approximate surface area is 501 Å². The molecule has 4 nitrogen and oxygen atoms in total. The van der Waals surface area contributed by atoms with E-state index in [2.05, 4.69) is 0 Å². The molecule has 298 valence electrons. The molecule has 12 aromatic rings. The van der Waals surface area contributed by atoms with Gasteiger partial charge < -0.3 is 9.13 Å². The van der Waals surface area contributed by atoms with Gasteiger partial charge in [-0.2, -0.15) is 0 Å². The number of fused-ring (bicyclic) bond motifs is 12. The number of rotatable bonds is 3. The summed E-state index contributed by atoms with van der Waals surface area (Å²) in [4.78, 5) is 4.88. The molecule has 0 spiro atoms.